The summed E-state index contributed by atoms with van der Waals surface area (Å²) in [6.45, 7) is 4.75. The molecule has 0 aliphatic rings. The Morgan fingerprint density at radius 1 is 1.37 bits per heavy atom. The summed E-state index contributed by atoms with van der Waals surface area (Å²) in [6.07, 6.45) is 2.22. The maximum Gasteiger partial charge on any atom is 0.306 e. The largest absolute Gasteiger partial charge is 0.464 e. The molecule has 0 saturated heterocycles. The van der Waals surface area contributed by atoms with E-state index in [1.807, 2.05) is 0 Å². The molecule has 0 aliphatic carbocycles. The standard InChI is InChI=1S/C11H24N2O4S.ClH/c1-9(2)6-10(8-12)7-11(14)17-5-4-13-18(3,15)16;/h9-10,13H,4-8,12H2,1-3H3;1H/t10-;/m0./s1. The fourth-order valence-corrected chi connectivity index (χ4v) is 2.07. The second-order valence-corrected chi connectivity index (χ2v) is 6.66. The molecular formula is C11H25ClN2O4S. The second kappa shape index (κ2) is 10.4. The number of carbonyl (C=O) groups is 1. The summed E-state index contributed by atoms with van der Waals surface area (Å²) < 4.78 is 28.7. The van der Waals surface area contributed by atoms with Gasteiger partial charge in [0.15, 0.2) is 0 Å². The maximum atomic E-state index is 11.5. The molecule has 0 unspecified atom stereocenters. The summed E-state index contributed by atoms with van der Waals surface area (Å²) in [7, 11) is -3.23. The van der Waals surface area contributed by atoms with Gasteiger partial charge in [-0.2, -0.15) is 0 Å². The van der Waals surface area contributed by atoms with Crippen molar-refractivity contribution in [2.24, 2.45) is 17.6 Å². The van der Waals surface area contributed by atoms with Crippen LogP contribution in [0.3, 0.4) is 0 Å². The summed E-state index contributed by atoms with van der Waals surface area (Å²) >= 11 is 0. The van der Waals surface area contributed by atoms with Gasteiger partial charge in [-0.05, 0) is 24.8 Å². The fraction of sp³-hybridized carbons (Fsp3) is 0.909. The molecule has 0 bridgehead atoms. The Labute approximate surface area is 121 Å². The van der Waals surface area contributed by atoms with Crippen molar-refractivity contribution in [1.29, 1.82) is 0 Å². The molecule has 0 heterocycles. The van der Waals surface area contributed by atoms with Crippen LogP contribution in [-0.2, 0) is 19.6 Å². The average Bonchev–Trinajstić information content (AvgIpc) is 2.21. The molecule has 0 aromatic rings. The fourth-order valence-electron chi connectivity index (χ4n) is 1.62. The summed E-state index contributed by atoms with van der Waals surface area (Å²) in [5, 5.41) is 0. The van der Waals surface area contributed by atoms with Crippen molar-refractivity contribution in [2.75, 3.05) is 26.0 Å². The van der Waals surface area contributed by atoms with E-state index in [4.69, 9.17) is 10.5 Å². The third-order valence-electron chi connectivity index (χ3n) is 2.32. The van der Waals surface area contributed by atoms with Crippen molar-refractivity contribution in [1.82, 2.24) is 4.72 Å². The van der Waals surface area contributed by atoms with Crippen LogP contribution < -0.4 is 10.5 Å². The molecular weight excluding hydrogens is 292 g/mol. The van der Waals surface area contributed by atoms with Crippen molar-refractivity contribution in [2.45, 2.75) is 26.7 Å². The summed E-state index contributed by atoms with van der Waals surface area (Å²) in [5.74, 6) is 0.278. The van der Waals surface area contributed by atoms with Crippen LogP contribution in [-0.4, -0.2) is 40.3 Å². The first-order valence-electron chi connectivity index (χ1n) is 6.05. The van der Waals surface area contributed by atoms with Crippen LogP contribution in [0.2, 0.25) is 0 Å². The Morgan fingerprint density at radius 2 is 1.95 bits per heavy atom. The summed E-state index contributed by atoms with van der Waals surface area (Å²) in [4.78, 5) is 11.5. The predicted octanol–water partition coefficient (Wildman–Crippen LogP) is 0.512. The van der Waals surface area contributed by atoms with E-state index in [-0.39, 0.29) is 43.9 Å². The van der Waals surface area contributed by atoms with Crippen LogP contribution in [0, 0.1) is 11.8 Å². The van der Waals surface area contributed by atoms with Gasteiger partial charge in [0.05, 0.1) is 6.26 Å². The van der Waals surface area contributed by atoms with E-state index in [9.17, 15) is 13.2 Å². The lowest BCUT2D eigenvalue weighted by Crippen LogP contribution is -2.28. The zero-order valence-corrected chi connectivity index (χ0v) is 13.4. The highest BCUT2D eigenvalue weighted by atomic mass is 35.5. The molecule has 116 valence electrons. The number of halogens is 1. The molecule has 6 nitrogen and oxygen atoms in total. The van der Waals surface area contributed by atoms with Crippen LogP contribution in [0.25, 0.3) is 0 Å². The average molecular weight is 317 g/mol. The molecule has 0 spiro atoms. The van der Waals surface area contributed by atoms with Gasteiger partial charge < -0.3 is 10.5 Å². The number of sulfonamides is 1. The lowest BCUT2D eigenvalue weighted by Gasteiger charge is -2.16. The first-order chi connectivity index (χ1) is 8.24. The minimum atomic E-state index is -3.23. The second-order valence-electron chi connectivity index (χ2n) is 4.82. The van der Waals surface area contributed by atoms with E-state index in [0.29, 0.717) is 12.5 Å². The van der Waals surface area contributed by atoms with Crippen LogP contribution in [0.15, 0.2) is 0 Å². The zero-order valence-electron chi connectivity index (χ0n) is 11.7. The molecule has 19 heavy (non-hydrogen) atoms. The highest BCUT2D eigenvalue weighted by molar-refractivity contribution is 7.88. The number of ether oxygens (including phenoxy) is 1. The molecule has 0 aliphatic heterocycles. The highest BCUT2D eigenvalue weighted by Gasteiger charge is 2.15. The van der Waals surface area contributed by atoms with Gasteiger partial charge in [-0.15, -0.1) is 12.4 Å². The van der Waals surface area contributed by atoms with Crippen LogP contribution >= 0.6 is 12.4 Å². The maximum absolute atomic E-state index is 11.5. The molecule has 0 aromatic heterocycles. The molecule has 3 N–H and O–H groups in total. The number of hydrogen-bond donors (Lipinski definition) is 2. The van der Waals surface area contributed by atoms with E-state index < -0.39 is 10.0 Å². The van der Waals surface area contributed by atoms with Crippen molar-refractivity contribution in [3.63, 3.8) is 0 Å². The zero-order chi connectivity index (χ0) is 14.2. The minimum Gasteiger partial charge on any atom is -0.464 e. The Hall–Kier alpha value is -0.370. The lowest BCUT2D eigenvalue weighted by molar-refractivity contribution is -0.144. The van der Waals surface area contributed by atoms with Gasteiger partial charge in [0, 0.05) is 13.0 Å². The van der Waals surface area contributed by atoms with Crippen LogP contribution in [0.1, 0.15) is 26.7 Å². The van der Waals surface area contributed by atoms with Crippen molar-refractivity contribution in [3.8, 4) is 0 Å². The molecule has 0 fully saturated rings. The predicted molar refractivity (Wildman–Crippen MR) is 77.7 cm³/mol. The molecule has 0 aromatic carbocycles. The quantitative estimate of drug-likeness (QED) is 0.477. The smallest absolute Gasteiger partial charge is 0.306 e. The number of hydrogen-bond acceptors (Lipinski definition) is 5. The Bertz CT molecular complexity index is 347. The van der Waals surface area contributed by atoms with Gasteiger partial charge in [0.2, 0.25) is 10.0 Å². The molecule has 8 heteroatoms. The third-order valence-corrected chi connectivity index (χ3v) is 3.05. The van der Waals surface area contributed by atoms with Crippen molar-refractivity contribution in [3.05, 3.63) is 0 Å². The van der Waals surface area contributed by atoms with E-state index in [1.54, 1.807) is 0 Å². The Morgan fingerprint density at radius 3 is 2.37 bits per heavy atom. The number of esters is 1. The van der Waals surface area contributed by atoms with Crippen molar-refractivity contribution < 1.29 is 17.9 Å². The molecule has 0 amide bonds. The number of nitrogens with one attached hydrogen (secondary N) is 1. The van der Waals surface area contributed by atoms with E-state index in [0.717, 1.165) is 12.7 Å². The third kappa shape index (κ3) is 13.9. The van der Waals surface area contributed by atoms with E-state index >= 15 is 0 Å². The SMILES string of the molecule is CC(C)C[C@H](CN)CC(=O)OCCNS(C)(=O)=O.Cl. The lowest BCUT2D eigenvalue weighted by atomic mass is 9.94. The minimum absolute atomic E-state index is 0. The van der Waals surface area contributed by atoms with Crippen LogP contribution in [0.5, 0.6) is 0 Å². The Kier molecular flexibility index (Phi) is 11.5. The normalized spacial score (nSPS) is 12.9. The first-order valence-corrected chi connectivity index (χ1v) is 7.94. The number of carbonyl (C=O) groups excluding carboxylic acids is 1. The molecule has 1 atom stereocenters. The number of nitrogens with two attached hydrogens (primary N) is 1. The van der Waals surface area contributed by atoms with Crippen LogP contribution in [0.4, 0.5) is 0 Å². The Balaban J connectivity index is 0. The first kappa shape index (κ1) is 20.9. The van der Waals surface area contributed by atoms with E-state index in [1.165, 1.54) is 0 Å². The monoisotopic (exact) mass is 316 g/mol. The summed E-state index contributed by atoms with van der Waals surface area (Å²) in [6, 6.07) is 0. The van der Waals surface area contributed by atoms with Gasteiger partial charge in [0.1, 0.15) is 6.61 Å². The van der Waals surface area contributed by atoms with Gasteiger partial charge in [-0.1, -0.05) is 13.8 Å². The topological polar surface area (TPSA) is 98.5 Å². The van der Waals surface area contributed by atoms with Gasteiger partial charge in [-0.25, -0.2) is 13.1 Å². The van der Waals surface area contributed by atoms with Gasteiger partial charge in [-0.3, -0.25) is 4.79 Å². The number of rotatable bonds is 9. The highest BCUT2D eigenvalue weighted by Crippen LogP contribution is 2.14. The molecule has 0 rings (SSSR count). The molecule has 0 saturated carbocycles. The van der Waals surface area contributed by atoms with Crippen molar-refractivity contribution >= 4 is 28.4 Å². The summed E-state index contributed by atoms with van der Waals surface area (Å²) in [5.41, 5.74) is 5.58. The van der Waals surface area contributed by atoms with Gasteiger partial charge >= 0.3 is 5.97 Å². The molecule has 0 radical (unpaired) electrons. The van der Waals surface area contributed by atoms with E-state index in [2.05, 4.69) is 18.6 Å². The van der Waals surface area contributed by atoms with Gasteiger partial charge in [0.25, 0.3) is 0 Å².